The normalized spacial score (nSPS) is 14.2. The molecule has 0 saturated heterocycles. The number of alkyl halides is 3. The molecule has 0 bridgehead atoms. The Hall–Kier alpha value is -1.10. The fourth-order valence-electron chi connectivity index (χ4n) is 1.62. The van der Waals surface area contributed by atoms with Gasteiger partial charge in [0.1, 0.15) is 11.9 Å². The zero-order valence-electron chi connectivity index (χ0n) is 9.27. The van der Waals surface area contributed by atoms with Gasteiger partial charge < -0.3 is 0 Å². The van der Waals surface area contributed by atoms with Crippen LogP contribution in [0.2, 0.25) is 0 Å². The molecule has 90 valence electrons. The van der Waals surface area contributed by atoms with E-state index in [9.17, 15) is 17.6 Å². The Kier molecular flexibility index (Phi) is 3.57. The van der Waals surface area contributed by atoms with Crippen LogP contribution in [0.25, 0.3) is 0 Å². The molecule has 0 fully saturated rings. The molecule has 0 N–H and O–H groups in total. The van der Waals surface area contributed by atoms with Gasteiger partial charge >= 0.3 is 6.18 Å². The predicted molar refractivity (Wildman–Crippen MR) is 53.6 cm³/mol. The molecule has 5 heteroatoms. The standard InChI is InChI=1S/C11H13F4N/c1-7-6-8(4-5-9(7)12)10(16(2)3)11(13,14)15/h4-6,10H,1-3H3. The molecule has 0 saturated carbocycles. The summed E-state index contributed by atoms with van der Waals surface area (Å²) >= 11 is 0. The van der Waals surface area contributed by atoms with Crippen LogP contribution in [0.5, 0.6) is 0 Å². The second-order valence-corrected chi connectivity index (χ2v) is 3.92. The summed E-state index contributed by atoms with van der Waals surface area (Å²) in [5.41, 5.74) is 0.269. The summed E-state index contributed by atoms with van der Waals surface area (Å²) in [6.45, 7) is 1.45. The first-order valence-corrected chi connectivity index (χ1v) is 4.72. The molecule has 1 aromatic rings. The number of hydrogen-bond donors (Lipinski definition) is 0. The van der Waals surface area contributed by atoms with Gasteiger partial charge in [-0.2, -0.15) is 13.2 Å². The third-order valence-corrected chi connectivity index (χ3v) is 2.32. The van der Waals surface area contributed by atoms with Crippen molar-refractivity contribution in [2.45, 2.75) is 19.1 Å². The van der Waals surface area contributed by atoms with Crippen molar-refractivity contribution in [3.8, 4) is 0 Å². The molecule has 0 spiro atoms. The van der Waals surface area contributed by atoms with Gasteiger partial charge in [0.05, 0.1) is 0 Å². The van der Waals surface area contributed by atoms with Crippen LogP contribution in [-0.2, 0) is 0 Å². The lowest BCUT2D eigenvalue weighted by atomic mass is 10.0. The second kappa shape index (κ2) is 4.41. The minimum atomic E-state index is -4.37. The van der Waals surface area contributed by atoms with Crippen molar-refractivity contribution in [3.63, 3.8) is 0 Å². The summed E-state index contributed by atoms with van der Waals surface area (Å²) in [4.78, 5) is 1.06. The summed E-state index contributed by atoms with van der Waals surface area (Å²) in [5, 5.41) is 0. The zero-order valence-corrected chi connectivity index (χ0v) is 9.27. The highest BCUT2D eigenvalue weighted by Crippen LogP contribution is 2.36. The van der Waals surface area contributed by atoms with Gasteiger partial charge in [0, 0.05) is 0 Å². The lowest BCUT2D eigenvalue weighted by Gasteiger charge is -2.27. The lowest BCUT2D eigenvalue weighted by molar-refractivity contribution is -0.179. The van der Waals surface area contributed by atoms with Crippen LogP contribution in [0.15, 0.2) is 18.2 Å². The van der Waals surface area contributed by atoms with Crippen molar-refractivity contribution in [2.24, 2.45) is 0 Å². The van der Waals surface area contributed by atoms with Crippen LogP contribution in [0.1, 0.15) is 17.2 Å². The molecule has 0 radical (unpaired) electrons. The number of aryl methyl sites for hydroxylation is 1. The lowest BCUT2D eigenvalue weighted by Crippen LogP contribution is -2.33. The molecular formula is C11H13F4N. The fraction of sp³-hybridized carbons (Fsp3) is 0.455. The van der Waals surface area contributed by atoms with Gasteiger partial charge in [-0.05, 0) is 38.2 Å². The average molecular weight is 235 g/mol. The molecule has 1 atom stereocenters. The Bertz CT molecular complexity index is 371. The van der Waals surface area contributed by atoms with Gasteiger partial charge in [-0.3, -0.25) is 4.90 Å². The van der Waals surface area contributed by atoms with E-state index in [1.165, 1.54) is 33.2 Å². The van der Waals surface area contributed by atoms with Gasteiger partial charge in [0.2, 0.25) is 0 Å². The maximum Gasteiger partial charge on any atom is 0.408 e. The van der Waals surface area contributed by atoms with Crippen LogP contribution in [0.3, 0.4) is 0 Å². The third-order valence-electron chi connectivity index (χ3n) is 2.32. The molecule has 1 aromatic carbocycles. The molecular weight excluding hydrogens is 222 g/mol. The van der Waals surface area contributed by atoms with Gasteiger partial charge in [0.25, 0.3) is 0 Å². The summed E-state index contributed by atoms with van der Waals surface area (Å²) in [6, 6.07) is 1.76. The van der Waals surface area contributed by atoms with Crippen LogP contribution in [-0.4, -0.2) is 25.2 Å². The Morgan fingerprint density at radius 3 is 2.12 bits per heavy atom. The molecule has 0 aliphatic rings. The monoisotopic (exact) mass is 235 g/mol. The smallest absolute Gasteiger partial charge is 0.295 e. The number of nitrogens with zero attached hydrogens (tertiary/aromatic N) is 1. The number of halogens is 4. The summed E-state index contributed by atoms with van der Waals surface area (Å²) in [7, 11) is 2.69. The first-order chi connectivity index (χ1) is 7.23. The van der Waals surface area contributed by atoms with Gasteiger partial charge in [-0.1, -0.05) is 12.1 Å². The molecule has 0 aliphatic carbocycles. The molecule has 0 aromatic heterocycles. The molecule has 0 amide bonds. The Morgan fingerprint density at radius 2 is 1.75 bits per heavy atom. The topological polar surface area (TPSA) is 3.24 Å². The van der Waals surface area contributed by atoms with Crippen LogP contribution < -0.4 is 0 Å². The maximum absolute atomic E-state index is 13.0. The van der Waals surface area contributed by atoms with E-state index in [4.69, 9.17) is 0 Å². The minimum absolute atomic E-state index is 0.0522. The maximum atomic E-state index is 13.0. The highest BCUT2D eigenvalue weighted by atomic mass is 19.4. The number of rotatable bonds is 2. The number of hydrogen-bond acceptors (Lipinski definition) is 1. The van der Waals surface area contributed by atoms with E-state index in [1.54, 1.807) is 0 Å². The van der Waals surface area contributed by atoms with Gasteiger partial charge in [-0.25, -0.2) is 4.39 Å². The molecule has 0 aliphatic heterocycles. The molecule has 1 rings (SSSR count). The van der Waals surface area contributed by atoms with Crippen molar-refractivity contribution < 1.29 is 17.6 Å². The van der Waals surface area contributed by atoms with Crippen molar-refractivity contribution in [1.29, 1.82) is 0 Å². The highest BCUT2D eigenvalue weighted by Gasteiger charge is 2.42. The molecule has 1 unspecified atom stereocenters. The SMILES string of the molecule is Cc1cc(C(N(C)C)C(F)(F)F)ccc1F. The summed E-state index contributed by atoms with van der Waals surface area (Å²) in [6.07, 6.45) is -4.37. The molecule has 1 nitrogen and oxygen atoms in total. The highest BCUT2D eigenvalue weighted by molar-refractivity contribution is 5.27. The van der Waals surface area contributed by atoms with Crippen LogP contribution in [0, 0.1) is 12.7 Å². The van der Waals surface area contributed by atoms with E-state index in [-0.39, 0.29) is 11.1 Å². The van der Waals surface area contributed by atoms with Crippen molar-refractivity contribution in [1.82, 2.24) is 4.90 Å². The number of benzene rings is 1. The average Bonchev–Trinajstić information content (AvgIpc) is 2.08. The van der Waals surface area contributed by atoms with Crippen molar-refractivity contribution in [2.75, 3.05) is 14.1 Å². The van der Waals surface area contributed by atoms with E-state index in [1.807, 2.05) is 0 Å². The predicted octanol–water partition coefficient (Wildman–Crippen LogP) is 3.30. The van der Waals surface area contributed by atoms with Crippen LogP contribution in [0.4, 0.5) is 17.6 Å². The Balaban J connectivity index is 3.17. The zero-order chi connectivity index (χ0) is 12.5. The Labute approximate surface area is 91.7 Å². The summed E-state index contributed by atoms with van der Waals surface area (Å²) in [5.74, 6) is -0.497. The largest absolute Gasteiger partial charge is 0.408 e. The molecule has 16 heavy (non-hydrogen) atoms. The van der Waals surface area contributed by atoms with Crippen LogP contribution >= 0.6 is 0 Å². The van der Waals surface area contributed by atoms with E-state index < -0.39 is 18.0 Å². The van der Waals surface area contributed by atoms with Gasteiger partial charge in [-0.15, -0.1) is 0 Å². The van der Waals surface area contributed by atoms with E-state index in [2.05, 4.69) is 0 Å². The second-order valence-electron chi connectivity index (χ2n) is 3.92. The quantitative estimate of drug-likeness (QED) is 0.711. The van der Waals surface area contributed by atoms with E-state index in [0.29, 0.717) is 0 Å². The van der Waals surface area contributed by atoms with Gasteiger partial charge in [0.15, 0.2) is 0 Å². The van der Waals surface area contributed by atoms with Crippen molar-refractivity contribution >= 4 is 0 Å². The van der Waals surface area contributed by atoms with E-state index in [0.717, 1.165) is 11.0 Å². The first kappa shape index (κ1) is 13.0. The first-order valence-electron chi connectivity index (χ1n) is 4.72. The fourth-order valence-corrected chi connectivity index (χ4v) is 1.62. The summed E-state index contributed by atoms with van der Waals surface area (Å²) < 4.78 is 51.2. The molecule has 0 heterocycles. The van der Waals surface area contributed by atoms with E-state index >= 15 is 0 Å². The minimum Gasteiger partial charge on any atom is -0.295 e. The Morgan fingerprint density at radius 1 is 1.19 bits per heavy atom. The van der Waals surface area contributed by atoms with Crippen molar-refractivity contribution in [3.05, 3.63) is 35.1 Å². The third kappa shape index (κ3) is 2.72.